The van der Waals surface area contributed by atoms with E-state index in [0.29, 0.717) is 11.6 Å². The molecule has 0 saturated carbocycles. The van der Waals surface area contributed by atoms with Crippen LogP contribution in [-0.2, 0) is 0 Å². The van der Waals surface area contributed by atoms with Gasteiger partial charge in [-0.15, -0.1) is 0 Å². The topological polar surface area (TPSA) is 47.3 Å². The van der Waals surface area contributed by atoms with E-state index < -0.39 is 0 Å². The summed E-state index contributed by atoms with van der Waals surface area (Å²) in [6.07, 6.45) is 0. The smallest absolute Gasteiger partial charge is 0.121 e. The zero-order valence-electron chi connectivity index (χ0n) is 7.73. The number of aryl methyl sites for hydroxylation is 1. The molecular formula is C9H13ClN2O. The fourth-order valence-electron chi connectivity index (χ4n) is 1.15. The summed E-state index contributed by atoms with van der Waals surface area (Å²) < 4.78 is 5.31. The lowest BCUT2D eigenvalue weighted by molar-refractivity contribution is 0.340. The third-order valence-corrected chi connectivity index (χ3v) is 2.01. The van der Waals surface area contributed by atoms with Crippen molar-refractivity contribution in [3.05, 3.63) is 22.7 Å². The highest BCUT2D eigenvalue weighted by Gasteiger charge is 2.05. The van der Waals surface area contributed by atoms with Crippen LogP contribution in [0.3, 0.4) is 0 Å². The maximum absolute atomic E-state index is 5.95. The molecule has 1 rings (SSSR count). The lowest BCUT2D eigenvalue weighted by Gasteiger charge is -2.10. The minimum Gasteiger partial charge on any atom is -0.494 e. The largest absolute Gasteiger partial charge is 0.494 e. The molecule has 0 aliphatic heterocycles. The van der Waals surface area contributed by atoms with Crippen molar-refractivity contribution in [1.29, 1.82) is 0 Å². The number of halogens is 1. The number of nitrogens with one attached hydrogen (secondary N) is 1. The van der Waals surface area contributed by atoms with Crippen LogP contribution in [0.25, 0.3) is 0 Å². The van der Waals surface area contributed by atoms with Gasteiger partial charge in [-0.3, -0.25) is 5.84 Å². The van der Waals surface area contributed by atoms with E-state index in [2.05, 4.69) is 5.43 Å². The predicted molar refractivity (Wildman–Crippen MR) is 55.2 cm³/mol. The van der Waals surface area contributed by atoms with E-state index in [4.69, 9.17) is 22.2 Å². The lowest BCUT2D eigenvalue weighted by Crippen LogP contribution is -2.09. The fourth-order valence-corrected chi connectivity index (χ4v) is 1.46. The molecule has 0 spiro atoms. The van der Waals surface area contributed by atoms with Crippen molar-refractivity contribution in [2.24, 2.45) is 5.84 Å². The van der Waals surface area contributed by atoms with E-state index in [-0.39, 0.29) is 0 Å². The molecule has 0 heterocycles. The third-order valence-electron chi connectivity index (χ3n) is 1.72. The Morgan fingerprint density at radius 3 is 2.69 bits per heavy atom. The molecule has 1 aromatic carbocycles. The van der Waals surface area contributed by atoms with E-state index in [0.717, 1.165) is 17.0 Å². The van der Waals surface area contributed by atoms with Crippen molar-refractivity contribution in [3.63, 3.8) is 0 Å². The maximum atomic E-state index is 5.95. The molecule has 3 N–H and O–H groups in total. The van der Waals surface area contributed by atoms with Crippen LogP contribution < -0.4 is 16.0 Å². The summed E-state index contributed by atoms with van der Waals surface area (Å²) in [5.41, 5.74) is 4.26. The molecule has 13 heavy (non-hydrogen) atoms. The van der Waals surface area contributed by atoms with Crippen LogP contribution in [0.2, 0.25) is 5.02 Å². The lowest BCUT2D eigenvalue weighted by atomic mass is 10.2. The quantitative estimate of drug-likeness (QED) is 0.582. The Bertz CT molecular complexity index is 279. The van der Waals surface area contributed by atoms with Gasteiger partial charge in [-0.2, -0.15) is 0 Å². The zero-order valence-corrected chi connectivity index (χ0v) is 8.48. The van der Waals surface area contributed by atoms with Crippen LogP contribution in [0, 0.1) is 6.92 Å². The van der Waals surface area contributed by atoms with Crippen molar-refractivity contribution >= 4 is 17.3 Å². The summed E-state index contributed by atoms with van der Waals surface area (Å²) in [7, 11) is 0. The molecule has 0 atom stereocenters. The summed E-state index contributed by atoms with van der Waals surface area (Å²) in [5.74, 6) is 6.07. The molecule has 0 aliphatic rings. The summed E-state index contributed by atoms with van der Waals surface area (Å²) in [6.45, 7) is 4.48. The summed E-state index contributed by atoms with van der Waals surface area (Å²) >= 11 is 5.95. The highest BCUT2D eigenvalue weighted by Crippen LogP contribution is 2.29. The second kappa shape index (κ2) is 4.35. The van der Waals surface area contributed by atoms with Gasteiger partial charge in [0.25, 0.3) is 0 Å². The number of hydrazine groups is 1. The van der Waals surface area contributed by atoms with Gasteiger partial charge in [-0.1, -0.05) is 11.6 Å². The van der Waals surface area contributed by atoms with Crippen LogP contribution in [0.5, 0.6) is 5.75 Å². The standard InChI is InChI=1S/C9H13ClN2O/c1-3-13-7-4-6(2)9(12-11)8(10)5-7/h4-5,12H,3,11H2,1-2H3. The number of anilines is 1. The van der Waals surface area contributed by atoms with Crippen LogP contribution in [0.4, 0.5) is 5.69 Å². The summed E-state index contributed by atoms with van der Waals surface area (Å²) in [4.78, 5) is 0. The molecule has 0 saturated heterocycles. The predicted octanol–water partition coefficient (Wildman–Crippen LogP) is 2.33. The molecule has 4 heteroatoms. The Morgan fingerprint density at radius 1 is 1.54 bits per heavy atom. The van der Waals surface area contributed by atoms with E-state index in [1.807, 2.05) is 19.9 Å². The average molecular weight is 201 g/mol. The summed E-state index contributed by atoms with van der Waals surface area (Å²) in [5, 5.41) is 0.575. The first kappa shape index (κ1) is 10.2. The van der Waals surface area contributed by atoms with Gasteiger partial charge in [0, 0.05) is 6.07 Å². The van der Waals surface area contributed by atoms with Crippen LogP contribution >= 0.6 is 11.6 Å². The molecule has 0 aromatic heterocycles. The van der Waals surface area contributed by atoms with E-state index in [9.17, 15) is 0 Å². The van der Waals surface area contributed by atoms with Crippen molar-refractivity contribution in [1.82, 2.24) is 0 Å². The molecule has 3 nitrogen and oxygen atoms in total. The molecule has 0 aliphatic carbocycles. The molecular weight excluding hydrogens is 188 g/mol. The highest BCUT2D eigenvalue weighted by atomic mass is 35.5. The van der Waals surface area contributed by atoms with Crippen LogP contribution in [-0.4, -0.2) is 6.61 Å². The summed E-state index contributed by atoms with van der Waals surface area (Å²) in [6, 6.07) is 3.64. The fraction of sp³-hybridized carbons (Fsp3) is 0.333. The molecule has 0 amide bonds. The van der Waals surface area contributed by atoms with Gasteiger partial charge < -0.3 is 10.2 Å². The number of nitrogens with two attached hydrogens (primary N) is 1. The van der Waals surface area contributed by atoms with Gasteiger partial charge in [0.2, 0.25) is 0 Å². The number of nitrogen functional groups attached to an aromatic ring is 1. The molecule has 0 fully saturated rings. The Labute approximate surface area is 82.8 Å². The van der Waals surface area contributed by atoms with E-state index in [1.165, 1.54) is 0 Å². The molecule has 0 bridgehead atoms. The van der Waals surface area contributed by atoms with Crippen LogP contribution in [0.1, 0.15) is 12.5 Å². The number of hydrogen-bond acceptors (Lipinski definition) is 3. The monoisotopic (exact) mass is 200 g/mol. The normalized spacial score (nSPS) is 9.85. The maximum Gasteiger partial charge on any atom is 0.121 e. The average Bonchev–Trinajstić information content (AvgIpc) is 2.04. The Morgan fingerprint density at radius 2 is 2.23 bits per heavy atom. The second-order valence-electron chi connectivity index (χ2n) is 2.67. The van der Waals surface area contributed by atoms with Gasteiger partial charge in [0.15, 0.2) is 0 Å². The van der Waals surface area contributed by atoms with E-state index >= 15 is 0 Å². The first-order chi connectivity index (χ1) is 6.19. The van der Waals surface area contributed by atoms with Gasteiger partial charge in [0.1, 0.15) is 5.75 Å². The van der Waals surface area contributed by atoms with Gasteiger partial charge in [0.05, 0.1) is 17.3 Å². The highest BCUT2D eigenvalue weighted by molar-refractivity contribution is 6.33. The zero-order chi connectivity index (χ0) is 9.84. The first-order valence-corrected chi connectivity index (χ1v) is 4.46. The number of hydrogen-bond donors (Lipinski definition) is 2. The molecule has 0 radical (unpaired) electrons. The Balaban J connectivity index is 3.05. The molecule has 1 aromatic rings. The van der Waals surface area contributed by atoms with Gasteiger partial charge >= 0.3 is 0 Å². The molecule has 72 valence electrons. The van der Waals surface area contributed by atoms with Gasteiger partial charge in [-0.05, 0) is 25.5 Å². The SMILES string of the molecule is CCOc1cc(C)c(NN)c(Cl)c1. The number of benzene rings is 1. The second-order valence-corrected chi connectivity index (χ2v) is 3.08. The minimum absolute atomic E-state index is 0.575. The number of ether oxygens (including phenoxy) is 1. The van der Waals surface area contributed by atoms with Crippen molar-refractivity contribution in [2.75, 3.05) is 12.0 Å². The van der Waals surface area contributed by atoms with Crippen LogP contribution in [0.15, 0.2) is 12.1 Å². The van der Waals surface area contributed by atoms with Crippen molar-refractivity contribution in [2.45, 2.75) is 13.8 Å². The third kappa shape index (κ3) is 2.26. The minimum atomic E-state index is 0.575. The van der Waals surface area contributed by atoms with Gasteiger partial charge in [-0.25, -0.2) is 0 Å². The Hall–Kier alpha value is -0.930. The molecule has 0 unspecified atom stereocenters. The van der Waals surface area contributed by atoms with Crippen molar-refractivity contribution in [3.8, 4) is 5.75 Å². The number of rotatable bonds is 3. The first-order valence-electron chi connectivity index (χ1n) is 4.08. The van der Waals surface area contributed by atoms with E-state index in [1.54, 1.807) is 6.07 Å². The van der Waals surface area contributed by atoms with Crippen molar-refractivity contribution < 1.29 is 4.74 Å². The Kier molecular flexibility index (Phi) is 3.39.